The quantitative estimate of drug-likeness (QED) is 0.491. The zero-order valence-electron chi connectivity index (χ0n) is 15.1. The Hall–Kier alpha value is -0.520. The first-order valence-corrected chi connectivity index (χ1v) is 8.43. The first-order valence-electron chi connectivity index (χ1n) is 8.02. The van der Waals surface area contributed by atoms with E-state index >= 15 is 0 Å². The maximum atomic E-state index is 11.7. The van der Waals surface area contributed by atoms with E-state index < -0.39 is 0 Å². The van der Waals surface area contributed by atoms with Crippen LogP contribution in [-0.2, 0) is 14.3 Å². The zero-order valence-corrected chi connectivity index (χ0v) is 15.9. The number of ether oxygens (including phenoxy) is 2. The number of hydrogen-bond donors (Lipinski definition) is 1. The van der Waals surface area contributed by atoms with E-state index in [2.05, 4.69) is 26.1 Å². The number of ketones is 1. The molecule has 0 saturated carbocycles. The van der Waals surface area contributed by atoms with Crippen LogP contribution in [0.25, 0.3) is 0 Å². The molecule has 4 nitrogen and oxygen atoms in total. The van der Waals surface area contributed by atoms with E-state index in [4.69, 9.17) is 21.7 Å². The summed E-state index contributed by atoms with van der Waals surface area (Å²) in [7, 11) is 0. The Labute approximate surface area is 141 Å². The predicted octanol–water partition coefficient (Wildman–Crippen LogP) is 3.38. The van der Waals surface area contributed by atoms with Crippen molar-refractivity contribution in [3.63, 3.8) is 0 Å². The van der Waals surface area contributed by atoms with Crippen LogP contribution in [-0.4, -0.2) is 43.7 Å². The lowest BCUT2D eigenvalue weighted by atomic mass is 9.88. The van der Waals surface area contributed by atoms with E-state index in [1.807, 2.05) is 20.8 Å². The van der Waals surface area contributed by atoms with Crippen molar-refractivity contribution in [2.45, 2.75) is 54.4 Å². The lowest BCUT2D eigenvalue weighted by Crippen LogP contribution is -2.35. The van der Waals surface area contributed by atoms with Crippen LogP contribution >= 0.6 is 12.2 Å². The van der Waals surface area contributed by atoms with E-state index in [0.29, 0.717) is 32.8 Å². The minimum atomic E-state index is -0.246. The van der Waals surface area contributed by atoms with Crippen molar-refractivity contribution < 1.29 is 14.3 Å². The summed E-state index contributed by atoms with van der Waals surface area (Å²) < 4.78 is 10.9. The normalized spacial score (nSPS) is 12.3. The lowest BCUT2D eigenvalue weighted by molar-refractivity contribution is -0.126. The standard InChI is InChI=1S/C17H33NO3S/c1-16(2,3)14(19)8-7-10-20-12-13-21-11-9-18-15(22)17(4,5)6/h7-13H2,1-6H3,(H,18,22). The molecule has 0 amide bonds. The average Bonchev–Trinajstić information content (AvgIpc) is 2.38. The summed E-state index contributed by atoms with van der Waals surface area (Å²) in [5, 5.41) is 3.19. The molecule has 0 aliphatic carbocycles. The van der Waals surface area contributed by atoms with Crippen LogP contribution in [0.4, 0.5) is 0 Å². The second kappa shape index (κ2) is 10.3. The second-order valence-corrected chi connectivity index (χ2v) is 7.92. The number of Topliss-reactive ketones (excluding diaryl/α,β-unsaturated/α-hetero) is 1. The van der Waals surface area contributed by atoms with Crippen LogP contribution in [0.2, 0.25) is 0 Å². The van der Waals surface area contributed by atoms with E-state index in [-0.39, 0.29) is 16.6 Å². The topological polar surface area (TPSA) is 47.6 Å². The lowest BCUT2D eigenvalue weighted by Gasteiger charge is -2.21. The molecule has 22 heavy (non-hydrogen) atoms. The van der Waals surface area contributed by atoms with Gasteiger partial charge < -0.3 is 14.8 Å². The highest BCUT2D eigenvalue weighted by Crippen LogP contribution is 2.17. The number of hydrogen-bond acceptors (Lipinski definition) is 4. The molecule has 0 aromatic rings. The summed E-state index contributed by atoms with van der Waals surface area (Å²) in [6.45, 7) is 15.2. The Morgan fingerprint density at radius 3 is 1.95 bits per heavy atom. The molecule has 0 atom stereocenters. The summed E-state index contributed by atoms with van der Waals surface area (Å²) in [6, 6.07) is 0. The van der Waals surface area contributed by atoms with Crippen molar-refractivity contribution in [3.05, 3.63) is 0 Å². The molecule has 130 valence electrons. The molecule has 0 rings (SSSR count). The van der Waals surface area contributed by atoms with E-state index in [0.717, 1.165) is 18.0 Å². The van der Waals surface area contributed by atoms with Gasteiger partial charge in [-0.2, -0.15) is 0 Å². The minimum absolute atomic E-state index is 0.00291. The monoisotopic (exact) mass is 331 g/mol. The number of carbonyl (C=O) groups excluding carboxylic acids is 1. The Balaban J connectivity index is 3.38. The van der Waals surface area contributed by atoms with Crippen molar-refractivity contribution >= 4 is 23.0 Å². The van der Waals surface area contributed by atoms with Gasteiger partial charge in [0.05, 0.1) is 24.8 Å². The SMILES string of the molecule is CC(C)(C)C(=O)CCCOCCOCCNC(=S)C(C)(C)C. The summed E-state index contributed by atoms with van der Waals surface area (Å²) in [5.41, 5.74) is -0.243. The van der Waals surface area contributed by atoms with Crippen LogP contribution in [0.15, 0.2) is 0 Å². The van der Waals surface area contributed by atoms with Gasteiger partial charge in [0.2, 0.25) is 0 Å². The number of carbonyl (C=O) groups is 1. The summed E-state index contributed by atoms with van der Waals surface area (Å²) in [4.78, 5) is 12.6. The molecule has 0 aromatic heterocycles. The molecule has 0 aliphatic rings. The van der Waals surface area contributed by atoms with Crippen LogP contribution < -0.4 is 5.32 Å². The van der Waals surface area contributed by atoms with Crippen molar-refractivity contribution in [2.24, 2.45) is 10.8 Å². The van der Waals surface area contributed by atoms with Gasteiger partial charge in [-0.05, 0) is 6.42 Å². The number of rotatable bonds is 10. The van der Waals surface area contributed by atoms with Gasteiger partial charge >= 0.3 is 0 Å². The average molecular weight is 332 g/mol. The molecule has 0 heterocycles. The van der Waals surface area contributed by atoms with Crippen molar-refractivity contribution in [1.82, 2.24) is 5.32 Å². The first kappa shape index (κ1) is 21.5. The Bertz CT molecular complexity index is 309. The van der Waals surface area contributed by atoms with Crippen LogP contribution in [0.1, 0.15) is 54.4 Å². The van der Waals surface area contributed by atoms with Crippen molar-refractivity contribution in [2.75, 3.05) is 33.0 Å². The molecular formula is C17H33NO3S. The zero-order chi connectivity index (χ0) is 17.2. The molecule has 0 bridgehead atoms. The summed E-state index contributed by atoms with van der Waals surface area (Å²) in [6.07, 6.45) is 1.36. The van der Waals surface area contributed by atoms with Crippen molar-refractivity contribution in [3.8, 4) is 0 Å². The maximum absolute atomic E-state index is 11.7. The maximum Gasteiger partial charge on any atom is 0.138 e. The fourth-order valence-electron chi connectivity index (χ4n) is 1.53. The van der Waals surface area contributed by atoms with Crippen LogP contribution in [0, 0.1) is 10.8 Å². The molecule has 0 unspecified atom stereocenters. The fraction of sp³-hybridized carbons (Fsp3) is 0.882. The smallest absolute Gasteiger partial charge is 0.138 e. The van der Waals surface area contributed by atoms with E-state index in [1.165, 1.54) is 0 Å². The van der Waals surface area contributed by atoms with Crippen LogP contribution in [0.3, 0.4) is 0 Å². The molecule has 0 saturated heterocycles. The summed E-state index contributed by atoms with van der Waals surface area (Å²) >= 11 is 5.27. The van der Waals surface area contributed by atoms with Gasteiger partial charge in [-0.25, -0.2) is 0 Å². The van der Waals surface area contributed by atoms with Gasteiger partial charge in [-0.15, -0.1) is 0 Å². The molecule has 0 aliphatic heterocycles. The third-order valence-corrected chi connectivity index (χ3v) is 3.87. The molecule has 0 radical (unpaired) electrons. The molecule has 1 N–H and O–H groups in total. The molecule has 0 spiro atoms. The van der Waals surface area contributed by atoms with Gasteiger partial charge in [0.15, 0.2) is 0 Å². The van der Waals surface area contributed by atoms with E-state index in [1.54, 1.807) is 0 Å². The van der Waals surface area contributed by atoms with Crippen LogP contribution in [0.5, 0.6) is 0 Å². The predicted molar refractivity (Wildman–Crippen MR) is 95.4 cm³/mol. The molecule has 0 aromatic carbocycles. The van der Waals surface area contributed by atoms with Gasteiger partial charge in [0.1, 0.15) is 5.78 Å². The Morgan fingerprint density at radius 2 is 1.45 bits per heavy atom. The molecule has 5 heteroatoms. The third kappa shape index (κ3) is 11.1. The highest BCUT2D eigenvalue weighted by Gasteiger charge is 2.20. The highest BCUT2D eigenvalue weighted by molar-refractivity contribution is 7.80. The van der Waals surface area contributed by atoms with E-state index in [9.17, 15) is 4.79 Å². The summed E-state index contributed by atoms with van der Waals surface area (Å²) in [5.74, 6) is 0.285. The first-order chi connectivity index (χ1) is 10.0. The number of thiocarbonyl (C=S) groups is 1. The Morgan fingerprint density at radius 1 is 0.909 bits per heavy atom. The second-order valence-electron chi connectivity index (χ2n) is 7.51. The van der Waals surface area contributed by atoms with Gasteiger partial charge in [-0.3, -0.25) is 4.79 Å². The third-order valence-electron chi connectivity index (χ3n) is 3.11. The van der Waals surface area contributed by atoms with Gasteiger partial charge in [0.25, 0.3) is 0 Å². The largest absolute Gasteiger partial charge is 0.379 e. The highest BCUT2D eigenvalue weighted by atomic mass is 32.1. The Kier molecular flexibility index (Phi) is 10.0. The van der Waals surface area contributed by atoms with Gasteiger partial charge in [-0.1, -0.05) is 53.8 Å². The molecular weight excluding hydrogens is 298 g/mol. The fourth-order valence-corrected chi connectivity index (χ4v) is 1.64. The minimum Gasteiger partial charge on any atom is -0.379 e. The van der Waals surface area contributed by atoms with Gasteiger partial charge in [0, 0.05) is 30.4 Å². The number of nitrogens with one attached hydrogen (secondary N) is 1. The molecule has 0 fully saturated rings. The van der Waals surface area contributed by atoms with Crippen molar-refractivity contribution in [1.29, 1.82) is 0 Å².